The second-order valence-electron chi connectivity index (χ2n) is 6.98. The predicted octanol–water partition coefficient (Wildman–Crippen LogP) is 3.14. The minimum absolute atomic E-state index is 0.245. The van der Waals surface area contributed by atoms with Crippen LogP contribution in [-0.4, -0.2) is 18.3 Å². The average molecular weight is 290 g/mol. The van der Waals surface area contributed by atoms with Gasteiger partial charge >= 0.3 is 0 Å². The molecular weight excluding hydrogens is 260 g/mol. The lowest BCUT2D eigenvalue weighted by Crippen LogP contribution is -2.34. The second kappa shape index (κ2) is 6.97. The van der Waals surface area contributed by atoms with Crippen molar-refractivity contribution in [1.82, 2.24) is 10.9 Å². The van der Waals surface area contributed by atoms with Crippen LogP contribution in [0.3, 0.4) is 0 Å². The highest BCUT2D eigenvalue weighted by Crippen LogP contribution is 2.58. The van der Waals surface area contributed by atoms with Gasteiger partial charge in [-0.2, -0.15) is 0 Å². The van der Waals surface area contributed by atoms with Crippen LogP contribution in [0.4, 0.5) is 0 Å². The van der Waals surface area contributed by atoms with E-state index in [4.69, 9.17) is 0 Å². The third kappa shape index (κ3) is 3.70. The van der Waals surface area contributed by atoms with Gasteiger partial charge in [0.15, 0.2) is 0 Å². The molecule has 3 nitrogen and oxygen atoms in total. The molecule has 2 fully saturated rings. The summed E-state index contributed by atoms with van der Waals surface area (Å²) in [5, 5.41) is 9.54. The van der Waals surface area contributed by atoms with E-state index >= 15 is 0 Å². The molecule has 0 amide bonds. The lowest BCUT2D eigenvalue weighted by Gasteiger charge is -2.13. The average Bonchev–Trinajstić information content (AvgIpc) is 3.40. The maximum Gasteiger partial charge on any atom is 0.0644 e. The summed E-state index contributed by atoms with van der Waals surface area (Å²) in [6, 6.07) is 0. The van der Waals surface area contributed by atoms with Gasteiger partial charge in [-0.3, -0.25) is 0 Å². The highest BCUT2D eigenvalue weighted by atomic mass is 16.3. The molecule has 3 rings (SSSR count). The molecule has 3 atom stereocenters. The maximum atomic E-state index is 9.54. The van der Waals surface area contributed by atoms with E-state index in [2.05, 4.69) is 29.9 Å². The smallest absolute Gasteiger partial charge is 0.0644 e. The Morgan fingerprint density at radius 1 is 1.38 bits per heavy atom. The molecule has 3 aliphatic carbocycles. The first kappa shape index (κ1) is 15.1. The quantitative estimate of drug-likeness (QED) is 0.347. The normalized spacial score (nSPS) is 31.6. The van der Waals surface area contributed by atoms with Gasteiger partial charge in [0.05, 0.1) is 6.61 Å². The van der Waals surface area contributed by atoms with Crippen molar-refractivity contribution in [2.45, 2.75) is 51.9 Å². The Morgan fingerprint density at radius 2 is 2.24 bits per heavy atom. The fraction of sp³-hybridized carbons (Fsp3) is 0.778. The van der Waals surface area contributed by atoms with Gasteiger partial charge < -0.3 is 10.5 Å². The lowest BCUT2D eigenvalue weighted by atomic mass is 10.0. The molecule has 0 aromatic rings. The van der Waals surface area contributed by atoms with Crippen LogP contribution in [0, 0.1) is 23.7 Å². The molecule has 0 radical (unpaired) electrons. The second-order valence-corrected chi connectivity index (χ2v) is 6.98. The minimum Gasteiger partial charge on any atom is -0.392 e. The number of rotatable bonds is 9. The number of hydrogen-bond donors (Lipinski definition) is 3. The molecule has 3 heteroatoms. The van der Waals surface area contributed by atoms with E-state index < -0.39 is 0 Å². The van der Waals surface area contributed by atoms with Crippen molar-refractivity contribution in [2.75, 3.05) is 13.2 Å². The largest absolute Gasteiger partial charge is 0.392 e. The first-order chi connectivity index (χ1) is 10.3. The summed E-state index contributed by atoms with van der Waals surface area (Å²) in [6.07, 6.45) is 13.5. The first-order valence-corrected chi connectivity index (χ1v) is 8.83. The Balaban J connectivity index is 1.58. The number of hydrogen-bond acceptors (Lipinski definition) is 3. The number of fused-ring (bicyclic) bond motifs is 1. The molecule has 1 unspecified atom stereocenters. The fourth-order valence-corrected chi connectivity index (χ4v) is 3.78. The summed E-state index contributed by atoms with van der Waals surface area (Å²) in [7, 11) is 0. The summed E-state index contributed by atoms with van der Waals surface area (Å²) in [6.45, 7) is 3.58. The molecule has 3 N–H and O–H groups in total. The van der Waals surface area contributed by atoms with Gasteiger partial charge in [0, 0.05) is 18.2 Å². The third-order valence-corrected chi connectivity index (χ3v) is 5.29. The Morgan fingerprint density at radius 3 is 2.95 bits per heavy atom. The predicted molar refractivity (Wildman–Crippen MR) is 86.3 cm³/mol. The van der Waals surface area contributed by atoms with Crippen LogP contribution in [0.2, 0.25) is 0 Å². The first-order valence-electron chi connectivity index (χ1n) is 8.83. The van der Waals surface area contributed by atoms with Crippen LogP contribution in [0.5, 0.6) is 0 Å². The van der Waals surface area contributed by atoms with E-state index in [-0.39, 0.29) is 6.61 Å². The van der Waals surface area contributed by atoms with Crippen molar-refractivity contribution in [1.29, 1.82) is 0 Å². The van der Waals surface area contributed by atoms with Crippen LogP contribution in [0.15, 0.2) is 23.4 Å². The standard InChI is InChI=1S/C18H30N2O/c1-2-3-4-8-16(20-19-11-13-9-10-13)18-15-7-5-6-14(12-21)17(15)18/h6,8,13,15,17-21H,2-5,7,9-12H2,1H3/b16-8-/t15-,17+,18?/m1/s1. The van der Waals surface area contributed by atoms with Gasteiger partial charge in [0.2, 0.25) is 0 Å². The van der Waals surface area contributed by atoms with Gasteiger partial charge in [-0.15, -0.1) is 0 Å². The van der Waals surface area contributed by atoms with Crippen molar-refractivity contribution < 1.29 is 5.11 Å². The molecule has 0 aliphatic heterocycles. The number of aliphatic hydroxyl groups is 1. The third-order valence-electron chi connectivity index (χ3n) is 5.29. The Kier molecular flexibility index (Phi) is 5.02. The summed E-state index contributed by atoms with van der Waals surface area (Å²) < 4.78 is 0. The van der Waals surface area contributed by atoms with Crippen molar-refractivity contribution in [3.63, 3.8) is 0 Å². The summed E-state index contributed by atoms with van der Waals surface area (Å²) >= 11 is 0. The molecule has 0 saturated heterocycles. The van der Waals surface area contributed by atoms with Gasteiger partial charge in [-0.25, -0.2) is 5.43 Å². The molecule has 0 spiro atoms. The SMILES string of the molecule is CCCC/C=C(\NNCC1CC1)C1[C@H]2C(CO)=CCC[C@@H]12. The summed E-state index contributed by atoms with van der Waals surface area (Å²) in [5.41, 5.74) is 9.62. The summed E-state index contributed by atoms with van der Waals surface area (Å²) in [4.78, 5) is 0. The van der Waals surface area contributed by atoms with E-state index in [1.807, 2.05) is 0 Å². The molecule has 21 heavy (non-hydrogen) atoms. The number of unbranched alkanes of at least 4 members (excludes halogenated alkanes) is 2. The van der Waals surface area contributed by atoms with Crippen molar-refractivity contribution >= 4 is 0 Å². The monoisotopic (exact) mass is 290 g/mol. The molecule has 0 aromatic heterocycles. The van der Waals surface area contributed by atoms with E-state index in [1.54, 1.807) is 0 Å². The highest BCUT2D eigenvalue weighted by molar-refractivity contribution is 5.31. The molecular formula is C18H30N2O. The van der Waals surface area contributed by atoms with Crippen LogP contribution in [0.1, 0.15) is 51.9 Å². The zero-order chi connectivity index (χ0) is 14.7. The van der Waals surface area contributed by atoms with Crippen LogP contribution >= 0.6 is 0 Å². The maximum absolute atomic E-state index is 9.54. The molecule has 0 aromatic carbocycles. The zero-order valence-corrected chi connectivity index (χ0v) is 13.3. The van der Waals surface area contributed by atoms with E-state index in [9.17, 15) is 5.11 Å². The molecule has 118 valence electrons. The Labute approximate surface area is 128 Å². The van der Waals surface area contributed by atoms with E-state index in [0.29, 0.717) is 11.8 Å². The van der Waals surface area contributed by atoms with E-state index in [1.165, 1.54) is 43.4 Å². The minimum atomic E-state index is 0.245. The number of hydrazine groups is 1. The zero-order valence-electron chi connectivity index (χ0n) is 13.3. The van der Waals surface area contributed by atoms with Gasteiger partial charge in [0.1, 0.15) is 0 Å². The topological polar surface area (TPSA) is 44.3 Å². The van der Waals surface area contributed by atoms with Gasteiger partial charge in [0.25, 0.3) is 0 Å². The highest BCUT2D eigenvalue weighted by Gasteiger charge is 2.54. The molecule has 0 heterocycles. The number of allylic oxidation sites excluding steroid dienone is 3. The number of nitrogens with one attached hydrogen (secondary N) is 2. The fourth-order valence-electron chi connectivity index (χ4n) is 3.78. The van der Waals surface area contributed by atoms with Crippen LogP contribution < -0.4 is 10.9 Å². The molecule has 0 bridgehead atoms. The molecule has 3 aliphatic rings. The molecule has 2 saturated carbocycles. The van der Waals surface area contributed by atoms with Crippen LogP contribution in [0.25, 0.3) is 0 Å². The van der Waals surface area contributed by atoms with E-state index in [0.717, 1.165) is 31.2 Å². The van der Waals surface area contributed by atoms with Gasteiger partial charge in [-0.1, -0.05) is 31.9 Å². The Hall–Kier alpha value is -0.800. The Bertz CT molecular complexity index is 411. The van der Waals surface area contributed by atoms with Crippen LogP contribution in [-0.2, 0) is 0 Å². The van der Waals surface area contributed by atoms with Crippen molar-refractivity contribution in [3.8, 4) is 0 Å². The lowest BCUT2D eigenvalue weighted by molar-refractivity contribution is 0.319. The van der Waals surface area contributed by atoms with Gasteiger partial charge in [-0.05, 0) is 55.4 Å². The van der Waals surface area contributed by atoms with Crippen molar-refractivity contribution in [2.24, 2.45) is 23.7 Å². The summed E-state index contributed by atoms with van der Waals surface area (Å²) in [5.74, 6) is 2.88. The number of aliphatic hydroxyl groups excluding tert-OH is 1. The van der Waals surface area contributed by atoms with Crippen molar-refractivity contribution in [3.05, 3.63) is 23.4 Å².